The Morgan fingerprint density at radius 1 is 1.10 bits per heavy atom. The quantitative estimate of drug-likeness (QED) is 0.639. The van der Waals surface area contributed by atoms with Crippen molar-refractivity contribution in [2.45, 2.75) is 24.8 Å². The minimum atomic E-state index is -3.27. The Kier molecular flexibility index (Phi) is 5.57. The Labute approximate surface area is 169 Å². The molecule has 1 heterocycles. The van der Waals surface area contributed by atoms with Gasteiger partial charge in [0.15, 0.2) is 9.84 Å². The molecule has 0 bridgehead atoms. The van der Waals surface area contributed by atoms with E-state index in [4.69, 9.17) is 0 Å². The molecule has 0 aliphatic carbocycles. The number of nitrogens with zero attached hydrogens (tertiary/aromatic N) is 3. The average molecular weight is 415 g/mol. The molecule has 0 spiro atoms. The molecule has 1 unspecified atom stereocenters. The first-order valence-corrected chi connectivity index (χ1v) is 10.9. The predicted molar refractivity (Wildman–Crippen MR) is 108 cm³/mol. The zero-order valence-electron chi connectivity index (χ0n) is 16.6. The van der Waals surface area contributed by atoms with Gasteiger partial charge >= 0.3 is 0 Å². The van der Waals surface area contributed by atoms with Gasteiger partial charge in [-0.3, -0.25) is 4.79 Å². The Balaban J connectivity index is 1.84. The lowest BCUT2D eigenvalue weighted by molar-refractivity contribution is 0.0742. The van der Waals surface area contributed by atoms with Crippen LogP contribution >= 0.6 is 0 Å². The fourth-order valence-corrected chi connectivity index (χ4v) is 3.68. The maximum Gasteiger partial charge on any atom is 0.257 e. The third-order valence-electron chi connectivity index (χ3n) is 5.00. The van der Waals surface area contributed by atoms with E-state index in [0.717, 1.165) is 11.8 Å². The number of carbonyl (C=O) groups is 1. The van der Waals surface area contributed by atoms with Crippen LogP contribution in [0, 0.1) is 12.7 Å². The summed E-state index contributed by atoms with van der Waals surface area (Å²) in [5.41, 5.74) is 2.57. The minimum Gasteiger partial charge on any atom is -0.335 e. The van der Waals surface area contributed by atoms with Crippen LogP contribution in [0.4, 0.5) is 4.39 Å². The van der Waals surface area contributed by atoms with Gasteiger partial charge < -0.3 is 4.90 Å². The fraction of sp³-hybridized carbons (Fsp3) is 0.238. The Morgan fingerprint density at radius 2 is 1.69 bits per heavy atom. The van der Waals surface area contributed by atoms with Gasteiger partial charge in [-0.05, 0) is 55.8 Å². The van der Waals surface area contributed by atoms with Crippen LogP contribution in [0.1, 0.15) is 34.6 Å². The molecule has 29 heavy (non-hydrogen) atoms. The predicted octanol–water partition coefficient (Wildman–Crippen LogP) is 3.56. The molecular formula is C21H22FN3O3S. The first kappa shape index (κ1) is 20.7. The van der Waals surface area contributed by atoms with Crippen molar-refractivity contribution in [2.24, 2.45) is 0 Å². The highest BCUT2D eigenvalue weighted by Gasteiger charge is 2.23. The van der Waals surface area contributed by atoms with Crippen LogP contribution in [0.2, 0.25) is 0 Å². The molecule has 2 aromatic carbocycles. The third kappa shape index (κ3) is 4.22. The van der Waals surface area contributed by atoms with E-state index in [1.165, 1.54) is 30.5 Å². The number of carbonyl (C=O) groups excluding carboxylic acids is 1. The summed E-state index contributed by atoms with van der Waals surface area (Å²) in [4.78, 5) is 14.8. The smallest absolute Gasteiger partial charge is 0.257 e. The van der Waals surface area contributed by atoms with E-state index in [1.54, 1.807) is 47.8 Å². The molecule has 0 N–H and O–H groups in total. The van der Waals surface area contributed by atoms with Crippen LogP contribution in [-0.4, -0.2) is 42.3 Å². The molecule has 0 aliphatic rings. The van der Waals surface area contributed by atoms with Crippen molar-refractivity contribution in [1.82, 2.24) is 14.7 Å². The Morgan fingerprint density at radius 3 is 2.24 bits per heavy atom. The summed E-state index contributed by atoms with van der Waals surface area (Å²) in [5, 5.41) is 4.27. The lowest BCUT2D eigenvalue weighted by Crippen LogP contribution is -2.30. The fourth-order valence-electron chi connectivity index (χ4n) is 3.05. The first-order valence-electron chi connectivity index (χ1n) is 8.97. The summed E-state index contributed by atoms with van der Waals surface area (Å²) in [6, 6.07) is 12.1. The number of benzene rings is 2. The van der Waals surface area contributed by atoms with Crippen molar-refractivity contribution in [3.8, 4) is 5.69 Å². The molecule has 0 saturated heterocycles. The van der Waals surface area contributed by atoms with Crippen LogP contribution in [-0.2, 0) is 9.84 Å². The van der Waals surface area contributed by atoms with Gasteiger partial charge in [0, 0.05) is 13.3 Å². The van der Waals surface area contributed by atoms with Crippen LogP contribution < -0.4 is 0 Å². The highest BCUT2D eigenvalue weighted by atomic mass is 32.2. The summed E-state index contributed by atoms with van der Waals surface area (Å²) < 4.78 is 38.0. The van der Waals surface area contributed by atoms with Gasteiger partial charge in [-0.15, -0.1) is 0 Å². The summed E-state index contributed by atoms with van der Waals surface area (Å²) >= 11 is 0. The highest BCUT2D eigenvalue weighted by Crippen LogP contribution is 2.24. The van der Waals surface area contributed by atoms with Gasteiger partial charge in [-0.25, -0.2) is 17.5 Å². The zero-order chi connectivity index (χ0) is 21.3. The van der Waals surface area contributed by atoms with Gasteiger partial charge in [0.05, 0.1) is 34.1 Å². The molecule has 6 nitrogen and oxygen atoms in total. The lowest BCUT2D eigenvalue weighted by Gasteiger charge is -2.25. The van der Waals surface area contributed by atoms with E-state index in [2.05, 4.69) is 5.10 Å². The zero-order valence-corrected chi connectivity index (χ0v) is 17.4. The molecule has 0 saturated carbocycles. The van der Waals surface area contributed by atoms with Crippen LogP contribution in [0.3, 0.4) is 0 Å². The van der Waals surface area contributed by atoms with E-state index < -0.39 is 9.84 Å². The van der Waals surface area contributed by atoms with Crippen molar-refractivity contribution in [1.29, 1.82) is 0 Å². The van der Waals surface area contributed by atoms with Crippen LogP contribution in [0.5, 0.6) is 0 Å². The summed E-state index contributed by atoms with van der Waals surface area (Å²) in [7, 11) is -1.59. The van der Waals surface area contributed by atoms with Crippen molar-refractivity contribution >= 4 is 15.7 Å². The molecule has 1 amide bonds. The average Bonchev–Trinajstić information content (AvgIpc) is 3.07. The maximum absolute atomic E-state index is 13.2. The molecule has 0 aliphatic heterocycles. The Hall–Kier alpha value is -3.00. The lowest BCUT2D eigenvalue weighted by atomic mass is 10.1. The molecule has 1 atom stereocenters. The summed E-state index contributed by atoms with van der Waals surface area (Å²) in [6.45, 7) is 3.65. The molecule has 0 radical (unpaired) electrons. The third-order valence-corrected chi connectivity index (χ3v) is 6.13. The summed E-state index contributed by atoms with van der Waals surface area (Å²) in [6.07, 6.45) is 2.65. The number of hydrogen-bond acceptors (Lipinski definition) is 4. The molecule has 3 rings (SSSR count). The molecule has 152 valence electrons. The van der Waals surface area contributed by atoms with E-state index in [0.29, 0.717) is 16.9 Å². The van der Waals surface area contributed by atoms with Crippen molar-refractivity contribution in [2.75, 3.05) is 13.3 Å². The van der Waals surface area contributed by atoms with Gasteiger partial charge in [-0.1, -0.05) is 12.1 Å². The molecule has 1 aromatic heterocycles. The van der Waals surface area contributed by atoms with E-state index in [-0.39, 0.29) is 22.7 Å². The number of halogens is 1. The molecule has 8 heteroatoms. The first-order chi connectivity index (χ1) is 13.6. The monoisotopic (exact) mass is 415 g/mol. The second-order valence-electron chi connectivity index (χ2n) is 6.97. The second kappa shape index (κ2) is 7.79. The number of amides is 1. The SMILES string of the molecule is Cc1c(C(=O)N(C)C(C)c2ccc(S(C)(=O)=O)cc2)cnn1-c1ccc(F)cc1. The molecule has 0 fully saturated rings. The Bertz CT molecular complexity index is 1140. The van der Waals surface area contributed by atoms with Crippen molar-refractivity contribution < 1.29 is 17.6 Å². The van der Waals surface area contributed by atoms with Crippen molar-refractivity contribution in [3.63, 3.8) is 0 Å². The highest BCUT2D eigenvalue weighted by molar-refractivity contribution is 7.90. The number of aromatic nitrogens is 2. The number of rotatable bonds is 5. The molecule has 3 aromatic rings. The maximum atomic E-state index is 13.2. The topological polar surface area (TPSA) is 72.3 Å². The van der Waals surface area contributed by atoms with E-state index in [9.17, 15) is 17.6 Å². The van der Waals surface area contributed by atoms with Crippen LogP contribution in [0.25, 0.3) is 5.69 Å². The van der Waals surface area contributed by atoms with Gasteiger partial charge in [-0.2, -0.15) is 5.10 Å². The number of hydrogen-bond donors (Lipinski definition) is 0. The van der Waals surface area contributed by atoms with Crippen molar-refractivity contribution in [3.05, 3.63) is 77.4 Å². The van der Waals surface area contributed by atoms with E-state index >= 15 is 0 Å². The summed E-state index contributed by atoms with van der Waals surface area (Å²) in [5.74, 6) is -0.555. The van der Waals surface area contributed by atoms with Gasteiger partial charge in [0.2, 0.25) is 0 Å². The largest absolute Gasteiger partial charge is 0.335 e. The van der Waals surface area contributed by atoms with Crippen LogP contribution in [0.15, 0.2) is 59.6 Å². The van der Waals surface area contributed by atoms with E-state index in [1.807, 2.05) is 6.92 Å². The van der Waals surface area contributed by atoms with Gasteiger partial charge in [0.1, 0.15) is 5.82 Å². The molecular weight excluding hydrogens is 393 g/mol. The minimum absolute atomic E-state index is 0.212. The second-order valence-corrected chi connectivity index (χ2v) is 8.98. The standard InChI is InChI=1S/C21H22FN3O3S/c1-14(16-5-11-19(12-6-16)29(4,27)28)24(3)21(26)20-13-23-25(15(20)2)18-9-7-17(22)8-10-18/h5-14H,1-4H3. The normalized spacial score (nSPS) is 12.6. The van der Waals surface area contributed by atoms with Gasteiger partial charge in [0.25, 0.3) is 5.91 Å². The number of sulfone groups is 1.